The number of hydrogen-bond donors (Lipinski definition) is 1. The van der Waals surface area contributed by atoms with Crippen molar-refractivity contribution >= 4 is 8.15 Å². The van der Waals surface area contributed by atoms with Gasteiger partial charge in [0, 0.05) is 8.15 Å². The lowest BCUT2D eigenvalue weighted by atomic mass is 10.4. The molecule has 0 spiro atoms. The SMILES string of the molecule is OP1CCCC1. The molecule has 0 aromatic heterocycles. The first-order valence-corrected chi connectivity index (χ1v) is 4.00. The summed E-state index contributed by atoms with van der Waals surface area (Å²) >= 11 is 0. The van der Waals surface area contributed by atoms with Crippen LogP contribution >= 0.6 is 8.15 Å². The Kier molecular flexibility index (Phi) is 1.44. The summed E-state index contributed by atoms with van der Waals surface area (Å²) in [6, 6.07) is 0. The van der Waals surface area contributed by atoms with E-state index >= 15 is 0 Å². The Hall–Kier alpha value is 0.390. The second-order valence-electron chi connectivity index (χ2n) is 1.66. The van der Waals surface area contributed by atoms with Gasteiger partial charge in [0.05, 0.1) is 0 Å². The molecule has 0 aromatic carbocycles. The molecule has 0 atom stereocenters. The molecule has 0 unspecified atom stereocenters. The molecule has 1 nitrogen and oxygen atoms in total. The minimum absolute atomic E-state index is 0.465. The van der Waals surface area contributed by atoms with E-state index in [1.54, 1.807) is 0 Å². The Morgan fingerprint density at radius 3 is 1.83 bits per heavy atom. The van der Waals surface area contributed by atoms with Gasteiger partial charge in [-0.15, -0.1) is 0 Å². The fourth-order valence-electron chi connectivity index (χ4n) is 0.700. The molecule has 1 aliphatic rings. The van der Waals surface area contributed by atoms with Gasteiger partial charge in [0.25, 0.3) is 0 Å². The number of rotatable bonds is 0. The Bertz CT molecular complexity index is 40.8. The predicted octanol–water partition coefficient (Wildman–Crippen LogP) is 1.17. The van der Waals surface area contributed by atoms with Crippen LogP contribution in [-0.2, 0) is 0 Å². The largest absolute Gasteiger partial charge is 0.374 e. The Morgan fingerprint density at radius 2 is 1.67 bits per heavy atom. The molecular formula is C4H9OP. The highest BCUT2D eigenvalue weighted by Gasteiger charge is 2.09. The van der Waals surface area contributed by atoms with Gasteiger partial charge in [-0.1, -0.05) is 0 Å². The molecule has 0 radical (unpaired) electrons. The molecule has 1 N–H and O–H groups in total. The molecule has 1 rings (SSSR count). The van der Waals surface area contributed by atoms with Crippen molar-refractivity contribution in [2.45, 2.75) is 12.8 Å². The van der Waals surface area contributed by atoms with E-state index in [0.717, 1.165) is 12.3 Å². The van der Waals surface area contributed by atoms with Crippen LogP contribution in [0.4, 0.5) is 0 Å². The maximum atomic E-state index is 8.79. The van der Waals surface area contributed by atoms with E-state index in [-0.39, 0.29) is 0 Å². The van der Waals surface area contributed by atoms with E-state index in [1.807, 2.05) is 0 Å². The molecule has 0 aromatic rings. The third kappa shape index (κ3) is 0.924. The topological polar surface area (TPSA) is 20.2 Å². The lowest BCUT2D eigenvalue weighted by Crippen LogP contribution is -1.67. The van der Waals surface area contributed by atoms with Crippen LogP contribution in [0.1, 0.15) is 12.8 Å². The van der Waals surface area contributed by atoms with Crippen LogP contribution < -0.4 is 0 Å². The van der Waals surface area contributed by atoms with Gasteiger partial charge in [0.2, 0.25) is 0 Å². The van der Waals surface area contributed by atoms with Gasteiger partial charge in [0.1, 0.15) is 0 Å². The second kappa shape index (κ2) is 1.90. The van der Waals surface area contributed by atoms with Crippen molar-refractivity contribution in [1.29, 1.82) is 0 Å². The molecule has 0 bridgehead atoms. The molecule has 1 saturated heterocycles. The summed E-state index contributed by atoms with van der Waals surface area (Å²) in [4.78, 5) is 8.79. The highest BCUT2D eigenvalue weighted by atomic mass is 31.1. The van der Waals surface area contributed by atoms with E-state index in [9.17, 15) is 0 Å². The van der Waals surface area contributed by atoms with Gasteiger partial charge in [-0.3, -0.25) is 0 Å². The zero-order valence-electron chi connectivity index (χ0n) is 3.72. The van der Waals surface area contributed by atoms with E-state index < -0.39 is 8.15 Å². The maximum absolute atomic E-state index is 8.79. The van der Waals surface area contributed by atoms with E-state index in [1.165, 1.54) is 12.8 Å². The maximum Gasteiger partial charge on any atom is 0.0251 e. The molecule has 2 heteroatoms. The van der Waals surface area contributed by atoms with Crippen molar-refractivity contribution in [2.24, 2.45) is 0 Å². The van der Waals surface area contributed by atoms with Gasteiger partial charge in [-0.05, 0) is 25.2 Å². The minimum Gasteiger partial charge on any atom is -0.374 e. The van der Waals surface area contributed by atoms with Crippen LogP contribution in [-0.4, -0.2) is 17.2 Å². The van der Waals surface area contributed by atoms with Crippen molar-refractivity contribution in [3.05, 3.63) is 0 Å². The van der Waals surface area contributed by atoms with E-state index in [2.05, 4.69) is 0 Å². The van der Waals surface area contributed by atoms with E-state index in [4.69, 9.17) is 4.89 Å². The highest BCUT2D eigenvalue weighted by Crippen LogP contribution is 2.37. The lowest BCUT2D eigenvalue weighted by Gasteiger charge is -1.91. The molecule has 36 valence electrons. The van der Waals surface area contributed by atoms with Gasteiger partial charge >= 0.3 is 0 Å². The molecule has 0 amide bonds. The van der Waals surface area contributed by atoms with Gasteiger partial charge in [-0.25, -0.2) is 0 Å². The van der Waals surface area contributed by atoms with Gasteiger partial charge < -0.3 is 4.89 Å². The lowest BCUT2D eigenvalue weighted by molar-refractivity contribution is 0.630. The first kappa shape index (κ1) is 4.55. The molecule has 1 aliphatic heterocycles. The van der Waals surface area contributed by atoms with Crippen molar-refractivity contribution < 1.29 is 4.89 Å². The van der Waals surface area contributed by atoms with Crippen LogP contribution in [0.3, 0.4) is 0 Å². The quantitative estimate of drug-likeness (QED) is 0.457. The van der Waals surface area contributed by atoms with Gasteiger partial charge in [-0.2, -0.15) is 0 Å². The fraction of sp³-hybridized carbons (Fsp3) is 1.00. The molecule has 0 saturated carbocycles. The van der Waals surface area contributed by atoms with Crippen LogP contribution in [0.2, 0.25) is 0 Å². The highest BCUT2D eigenvalue weighted by molar-refractivity contribution is 7.51. The molecular weight excluding hydrogens is 95.0 g/mol. The predicted molar refractivity (Wildman–Crippen MR) is 28.1 cm³/mol. The van der Waals surface area contributed by atoms with Crippen molar-refractivity contribution in [1.82, 2.24) is 0 Å². The summed E-state index contributed by atoms with van der Waals surface area (Å²) in [5, 5.41) is 0. The Morgan fingerprint density at radius 1 is 1.17 bits per heavy atom. The average molecular weight is 104 g/mol. The first-order chi connectivity index (χ1) is 2.89. The van der Waals surface area contributed by atoms with Crippen LogP contribution in [0.5, 0.6) is 0 Å². The fourth-order valence-corrected chi connectivity index (χ4v) is 2.10. The first-order valence-electron chi connectivity index (χ1n) is 2.33. The Balaban J connectivity index is 2.18. The van der Waals surface area contributed by atoms with Crippen LogP contribution in [0.15, 0.2) is 0 Å². The third-order valence-electron chi connectivity index (χ3n) is 1.08. The van der Waals surface area contributed by atoms with Crippen molar-refractivity contribution in [3.63, 3.8) is 0 Å². The minimum atomic E-state index is -0.465. The zero-order chi connectivity index (χ0) is 4.41. The van der Waals surface area contributed by atoms with E-state index in [0.29, 0.717) is 0 Å². The Labute approximate surface area is 39.2 Å². The molecule has 6 heavy (non-hydrogen) atoms. The second-order valence-corrected chi connectivity index (χ2v) is 3.57. The summed E-state index contributed by atoms with van der Waals surface area (Å²) in [7, 11) is -0.465. The molecule has 1 fully saturated rings. The monoisotopic (exact) mass is 104 g/mol. The zero-order valence-corrected chi connectivity index (χ0v) is 4.62. The third-order valence-corrected chi connectivity index (χ3v) is 2.75. The smallest absolute Gasteiger partial charge is 0.0251 e. The number of hydrogen-bond acceptors (Lipinski definition) is 1. The standard InChI is InChI=1S/C4H9OP/c5-6-3-1-2-4-6/h5H,1-4H2. The molecule has 0 aliphatic carbocycles. The molecule has 1 heterocycles. The summed E-state index contributed by atoms with van der Waals surface area (Å²) in [6.45, 7) is 0. The summed E-state index contributed by atoms with van der Waals surface area (Å²) in [6.07, 6.45) is 4.75. The summed E-state index contributed by atoms with van der Waals surface area (Å²) < 4.78 is 0. The van der Waals surface area contributed by atoms with Crippen LogP contribution in [0.25, 0.3) is 0 Å². The normalized spacial score (nSPS) is 25.5. The van der Waals surface area contributed by atoms with Crippen LogP contribution in [0, 0.1) is 0 Å². The van der Waals surface area contributed by atoms with Crippen molar-refractivity contribution in [2.75, 3.05) is 12.3 Å². The summed E-state index contributed by atoms with van der Waals surface area (Å²) in [5.41, 5.74) is 0. The van der Waals surface area contributed by atoms with Gasteiger partial charge in [0.15, 0.2) is 0 Å². The average Bonchev–Trinajstić information content (AvgIpc) is 1.86. The van der Waals surface area contributed by atoms with Crippen molar-refractivity contribution in [3.8, 4) is 0 Å². The summed E-state index contributed by atoms with van der Waals surface area (Å²) in [5.74, 6) is 0.